The topological polar surface area (TPSA) is 70.7 Å². The van der Waals surface area contributed by atoms with Gasteiger partial charge in [0, 0.05) is 29.4 Å². The Morgan fingerprint density at radius 3 is 2.70 bits per heavy atom. The molecule has 0 aliphatic carbocycles. The number of anilines is 1. The monoisotopic (exact) mass is 306 g/mol. The van der Waals surface area contributed by atoms with Gasteiger partial charge in [-0.15, -0.1) is 0 Å². The maximum absolute atomic E-state index is 11.5. The van der Waals surface area contributed by atoms with Crippen LogP contribution in [0, 0.1) is 6.92 Å². The van der Waals surface area contributed by atoms with E-state index in [1.807, 2.05) is 50.2 Å². The van der Waals surface area contributed by atoms with Crippen molar-refractivity contribution in [1.82, 2.24) is 15.2 Å². The average molecular weight is 306 g/mol. The van der Waals surface area contributed by atoms with Crippen LogP contribution >= 0.6 is 0 Å². The van der Waals surface area contributed by atoms with Crippen molar-refractivity contribution in [2.45, 2.75) is 20.3 Å². The van der Waals surface area contributed by atoms with Gasteiger partial charge in [0.15, 0.2) is 0 Å². The minimum atomic E-state index is -0.0362. The summed E-state index contributed by atoms with van der Waals surface area (Å²) in [6, 6.07) is 14.0. The number of H-pyrrole nitrogens is 1. The third-order valence-electron chi connectivity index (χ3n) is 3.66. The second-order valence-electron chi connectivity index (χ2n) is 5.28. The van der Waals surface area contributed by atoms with E-state index in [1.54, 1.807) is 6.20 Å². The van der Waals surface area contributed by atoms with Crippen molar-refractivity contribution in [3.8, 4) is 22.4 Å². The molecule has 5 nitrogen and oxygen atoms in total. The van der Waals surface area contributed by atoms with Gasteiger partial charge in [-0.3, -0.25) is 9.89 Å². The Morgan fingerprint density at radius 1 is 1.17 bits per heavy atom. The summed E-state index contributed by atoms with van der Waals surface area (Å²) in [4.78, 5) is 15.9. The number of hydrogen-bond acceptors (Lipinski definition) is 3. The first-order valence-corrected chi connectivity index (χ1v) is 7.55. The highest BCUT2D eigenvalue weighted by Gasteiger charge is 2.08. The fourth-order valence-electron chi connectivity index (χ4n) is 2.44. The fourth-order valence-corrected chi connectivity index (χ4v) is 2.44. The smallest absolute Gasteiger partial charge is 0.225 e. The van der Waals surface area contributed by atoms with Crippen LogP contribution < -0.4 is 5.32 Å². The zero-order valence-electron chi connectivity index (χ0n) is 13.1. The van der Waals surface area contributed by atoms with Crippen molar-refractivity contribution in [1.29, 1.82) is 0 Å². The first kappa shape index (κ1) is 15.0. The number of hydrogen-bond donors (Lipinski definition) is 2. The molecule has 0 spiro atoms. The zero-order chi connectivity index (χ0) is 16.2. The Morgan fingerprint density at radius 2 is 2.00 bits per heavy atom. The number of aromatic amines is 1. The van der Waals surface area contributed by atoms with Crippen LogP contribution in [0.4, 0.5) is 5.82 Å². The molecule has 23 heavy (non-hydrogen) atoms. The summed E-state index contributed by atoms with van der Waals surface area (Å²) in [6.45, 7) is 3.76. The Labute approximate surface area is 134 Å². The van der Waals surface area contributed by atoms with Crippen molar-refractivity contribution in [3.05, 3.63) is 54.4 Å². The van der Waals surface area contributed by atoms with Gasteiger partial charge in [-0.2, -0.15) is 5.10 Å². The number of pyridine rings is 1. The number of nitrogens with zero attached hydrogens (tertiary/aromatic N) is 2. The quantitative estimate of drug-likeness (QED) is 0.770. The first-order valence-electron chi connectivity index (χ1n) is 7.55. The predicted octanol–water partition coefficient (Wildman–Crippen LogP) is 3.80. The largest absolute Gasteiger partial charge is 0.311 e. The molecule has 0 atom stereocenters. The van der Waals surface area contributed by atoms with E-state index in [2.05, 4.69) is 26.6 Å². The highest BCUT2D eigenvalue weighted by atomic mass is 16.1. The van der Waals surface area contributed by atoms with Crippen LogP contribution in [0.1, 0.15) is 19.0 Å². The summed E-state index contributed by atoms with van der Waals surface area (Å²) in [5, 5.41) is 9.74. The van der Waals surface area contributed by atoms with E-state index in [-0.39, 0.29) is 5.91 Å². The Bertz CT molecular complexity index is 825. The van der Waals surface area contributed by atoms with Gasteiger partial charge in [-0.05, 0) is 36.8 Å². The summed E-state index contributed by atoms with van der Waals surface area (Å²) < 4.78 is 0. The molecule has 0 aliphatic heterocycles. The van der Waals surface area contributed by atoms with Crippen LogP contribution in [0.5, 0.6) is 0 Å². The van der Waals surface area contributed by atoms with Crippen LogP contribution in [0.25, 0.3) is 22.4 Å². The lowest BCUT2D eigenvalue weighted by Crippen LogP contribution is -2.11. The molecule has 0 saturated carbocycles. The van der Waals surface area contributed by atoms with E-state index >= 15 is 0 Å². The molecule has 0 unspecified atom stereocenters. The Hall–Kier alpha value is -2.95. The number of carbonyl (C=O) groups is 1. The lowest BCUT2D eigenvalue weighted by molar-refractivity contribution is -0.115. The summed E-state index contributed by atoms with van der Waals surface area (Å²) in [5.74, 6) is 0.550. The number of aromatic nitrogens is 3. The van der Waals surface area contributed by atoms with Crippen LogP contribution in [0.2, 0.25) is 0 Å². The summed E-state index contributed by atoms with van der Waals surface area (Å²) in [5.41, 5.74) is 5.05. The lowest BCUT2D eigenvalue weighted by atomic mass is 10.0. The van der Waals surface area contributed by atoms with E-state index in [9.17, 15) is 4.79 Å². The van der Waals surface area contributed by atoms with E-state index in [0.717, 1.165) is 28.1 Å². The van der Waals surface area contributed by atoms with Crippen molar-refractivity contribution in [3.63, 3.8) is 0 Å². The van der Waals surface area contributed by atoms with Crippen molar-refractivity contribution in [2.75, 3.05) is 5.32 Å². The van der Waals surface area contributed by atoms with Crippen LogP contribution in [0.3, 0.4) is 0 Å². The molecule has 0 bridgehead atoms. The van der Waals surface area contributed by atoms with E-state index < -0.39 is 0 Å². The van der Waals surface area contributed by atoms with Gasteiger partial charge in [-0.1, -0.05) is 25.1 Å². The third kappa shape index (κ3) is 3.29. The molecule has 0 fully saturated rings. The molecule has 0 radical (unpaired) electrons. The van der Waals surface area contributed by atoms with Crippen molar-refractivity contribution < 1.29 is 4.79 Å². The summed E-state index contributed by atoms with van der Waals surface area (Å²) in [7, 11) is 0. The predicted molar refractivity (Wildman–Crippen MR) is 90.9 cm³/mol. The lowest BCUT2D eigenvalue weighted by Gasteiger charge is -2.10. The molecule has 5 heteroatoms. The van der Waals surface area contributed by atoms with E-state index in [1.165, 1.54) is 0 Å². The molecule has 3 rings (SSSR count). The number of benzene rings is 1. The number of rotatable bonds is 4. The second-order valence-corrected chi connectivity index (χ2v) is 5.28. The second kappa shape index (κ2) is 6.44. The number of amides is 1. The standard InChI is InChI=1S/C18H18N4O/c1-3-18(23)21-17-8-7-15(12(2)20-17)13-5-4-6-14(11-13)16-9-10-19-22-16/h4-11H,3H2,1-2H3,(H,19,22)(H,20,21,23). The SMILES string of the molecule is CCC(=O)Nc1ccc(-c2cccc(-c3ccn[nH]3)c2)c(C)n1. The minimum Gasteiger partial charge on any atom is -0.311 e. The van der Waals surface area contributed by atoms with Gasteiger partial charge >= 0.3 is 0 Å². The average Bonchev–Trinajstić information content (AvgIpc) is 3.09. The molecule has 1 amide bonds. The van der Waals surface area contributed by atoms with E-state index in [0.29, 0.717) is 12.2 Å². The number of carbonyl (C=O) groups excluding carboxylic acids is 1. The van der Waals surface area contributed by atoms with Crippen LogP contribution in [0.15, 0.2) is 48.7 Å². The molecule has 0 saturated heterocycles. The fraction of sp³-hybridized carbons (Fsp3) is 0.167. The highest BCUT2D eigenvalue weighted by molar-refractivity contribution is 5.89. The first-order chi connectivity index (χ1) is 11.2. The van der Waals surface area contributed by atoms with Gasteiger partial charge in [0.1, 0.15) is 5.82 Å². The normalized spacial score (nSPS) is 10.5. The summed E-state index contributed by atoms with van der Waals surface area (Å²) >= 11 is 0. The highest BCUT2D eigenvalue weighted by Crippen LogP contribution is 2.27. The third-order valence-corrected chi connectivity index (χ3v) is 3.66. The van der Waals surface area contributed by atoms with Gasteiger partial charge in [0.2, 0.25) is 5.91 Å². The molecule has 1 aromatic carbocycles. The summed E-state index contributed by atoms with van der Waals surface area (Å²) in [6.07, 6.45) is 2.18. The molecule has 3 aromatic rings. The van der Waals surface area contributed by atoms with Crippen molar-refractivity contribution >= 4 is 11.7 Å². The van der Waals surface area contributed by atoms with Crippen LogP contribution in [-0.4, -0.2) is 21.1 Å². The molecule has 2 aromatic heterocycles. The Kier molecular flexibility index (Phi) is 4.19. The van der Waals surface area contributed by atoms with Crippen molar-refractivity contribution in [2.24, 2.45) is 0 Å². The van der Waals surface area contributed by atoms with E-state index in [4.69, 9.17) is 0 Å². The zero-order valence-corrected chi connectivity index (χ0v) is 13.1. The van der Waals surface area contributed by atoms with Gasteiger partial charge < -0.3 is 5.32 Å². The van der Waals surface area contributed by atoms with Gasteiger partial charge in [0.05, 0.1) is 5.69 Å². The van der Waals surface area contributed by atoms with Gasteiger partial charge in [0.25, 0.3) is 0 Å². The number of aryl methyl sites for hydroxylation is 1. The molecule has 2 N–H and O–H groups in total. The molecular weight excluding hydrogens is 288 g/mol. The molecular formula is C18H18N4O. The molecule has 2 heterocycles. The Balaban J connectivity index is 1.93. The maximum atomic E-state index is 11.5. The van der Waals surface area contributed by atoms with Crippen LogP contribution in [-0.2, 0) is 4.79 Å². The molecule has 116 valence electrons. The number of nitrogens with one attached hydrogen (secondary N) is 2. The van der Waals surface area contributed by atoms with Gasteiger partial charge in [-0.25, -0.2) is 4.98 Å². The molecule has 0 aliphatic rings. The maximum Gasteiger partial charge on any atom is 0.225 e. The minimum absolute atomic E-state index is 0.0362.